The van der Waals surface area contributed by atoms with E-state index in [-0.39, 0.29) is 11.1 Å². The summed E-state index contributed by atoms with van der Waals surface area (Å²) in [6.45, 7) is 0. The van der Waals surface area contributed by atoms with E-state index in [1.807, 2.05) is 0 Å². The number of hydrogen-bond acceptors (Lipinski definition) is 2. The molecule has 0 aromatic heterocycles. The topological polar surface area (TPSA) is 63.3 Å². The summed E-state index contributed by atoms with van der Waals surface area (Å²) >= 11 is 0. The molecule has 0 aliphatic heterocycles. The normalized spacial score (nSPS) is 17.6. The van der Waals surface area contributed by atoms with Gasteiger partial charge < -0.3 is 10.8 Å². The van der Waals surface area contributed by atoms with Crippen LogP contribution in [0.1, 0.15) is 48.0 Å². The van der Waals surface area contributed by atoms with Crippen LogP contribution in [-0.2, 0) is 0 Å². The van der Waals surface area contributed by atoms with Crippen LogP contribution in [0.15, 0.2) is 24.3 Å². The van der Waals surface area contributed by atoms with Crippen LogP contribution >= 0.6 is 0 Å². The van der Waals surface area contributed by atoms with Crippen LogP contribution in [0.4, 0.5) is 0 Å². The Hall–Kier alpha value is -1.79. The molecule has 0 bridgehead atoms. The van der Waals surface area contributed by atoms with E-state index in [4.69, 9.17) is 10.8 Å². The number of carboxylic acids is 1. The highest BCUT2D eigenvalue weighted by Crippen LogP contribution is 2.25. The summed E-state index contributed by atoms with van der Waals surface area (Å²) in [7, 11) is 0. The fourth-order valence-corrected chi connectivity index (χ4v) is 2.20. The lowest BCUT2D eigenvalue weighted by atomic mass is 9.83. The van der Waals surface area contributed by atoms with Crippen molar-refractivity contribution in [3.8, 4) is 11.8 Å². The highest BCUT2D eigenvalue weighted by molar-refractivity contribution is 5.87. The average Bonchev–Trinajstić information content (AvgIpc) is 2.38. The van der Waals surface area contributed by atoms with Crippen molar-refractivity contribution in [2.45, 2.75) is 37.6 Å². The Balaban J connectivity index is 2.11. The number of hydrogen-bond donors (Lipinski definition) is 2. The van der Waals surface area contributed by atoms with E-state index in [0.717, 1.165) is 31.2 Å². The number of nitrogens with two attached hydrogens (primary N) is 1. The lowest BCUT2D eigenvalue weighted by Crippen LogP contribution is -2.40. The maximum Gasteiger partial charge on any atom is 0.335 e. The van der Waals surface area contributed by atoms with Gasteiger partial charge in [0.2, 0.25) is 0 Å². The number of rotatable bonds is 1. The fraction of sp³-hybridized carbons (Fsp3) is 0.400. The molecule has 1 aromatic carbocycles. The Bertz CT molecular complexity index is 487. The fourth-order valence-electron chi connectivity index (χ4n) is 2.20. The van der Waals surface area contributed by atoms with Gasteiger partial charge in [-0.05, 0) is 37.1 Å². The lowest BCUT2D eigenvalue weighted by molar-refractivity contribution is 0.0697. The van der Waals surface area contributed by atoms with E-state index in [0.29, 0.717) is 0 Å². The van der Waals surface area contributed by atoms with Crippen molar-refractivity contribution in [3.05, 3.63) is 35.4 Å². The van der Waals surface area contributed by atoms with Crippen molar-refractivity contribution in [3.63, 3.8) is 0 Å². The molecule has 0 atom stereocenters. The molecule has 18 heavy (non-hydrogen) atoms. The van der Waals surface area contributed by atoms with Gasteiger partial charge in [-0.2, -0.15) is 0 Å². The van der Waals surface area contributed by atoms with Crippen molar-refractivity contribution in [2.75, 3.05) is 0 Å². The summed E-state index contributed by atoms with van der Waals surface area (Å²) in [4.78, 5) is 10.7. The summed E-state index contributed by atoms with van der Waals surface area (Å²) in [5.74, 6) is 5.28. The first-order valence-electron chi connectivity index (χ1n) is 6.24. The minimum atomic E-state index is -0.919. The van der Waals surface area contributed by atoms with Crippen molar-refractivity contribution >= 4 is 5.97 Å². The van der Waals surface area contributed by atoms with Crippen LogP contribution in [0.3, 0.4) is 0 Å². The molecule has 1 aliphatic rings. The second-order valence-electron chi connectivity index (χ2n) is 4.85. The molecule has 0 radical (unpaired) electrons. The first-order valence-corrected chi connectivity index (χ1v) is 6.24. The van der Waals surface area contributed by atoms with Crippen LogP contribution in [0, 0.1) is 11.8 Å². The van der Waals surface area contributed by atoms with Crippen LogP contribution in [0.25, 0.3) is 0 Å². The van der Waals surface area contributed by atoms with Gasteiger partial charge in [-0.15, -0.1) is 0 Å². The number of benzene rings is 1. The molecular weight excluding hydrogens is 226 g/mol. The van der Waals surface area contributed by atoms with Crippen LogP contribution in [0.5, 0.6) is 0 Å². The monoisotopic (exact) mass is 243 g/mol. The van der Waals surface area contributed by atoms with Gasteiger partial charge in [-0.25, -0.2) is 4.79 Å². The summed E-state index contributed by atoms with van der Waals surface area (Å²) in [5, 5.41) is 8.79. The Morgan fingerprint density at radius 2 is 1.78 bits per heavy atom. The molecule has 1 fully saturated rings. The van der Waals surface area contributed by atoms with Gasteiger partial charge in [0.15, 0.2) is 0 Å². The van der Waals surface area contributed by atoms with Gasteiger partial charge in [0, 0.05) is 5.56 Å². The van der Waals surface area contributed by atoms with Crippen LogP contribution in [0.2, 0.25) is 0 Å². The Labute approximate surface area is 107 Å². The third-order valence-corrected chi connectivity index (χ3v) is 3.33. The molecule has 0 amide bonds. The SMILES string of the molecule is NC1(C#Cc2ccc(C(=O)O)cc2)CCCCC1. The molecule has 94 valence electrons. The molecular formula is C15H17NO2. The predicted octanol–water partition coefficient (Wildman–Crippen LogP) is 2.40. The van der Waals surface area contributed by atoms with Gasteiger partial charge in [0.05, 0.1) is 11.1 Å². The first-order chi connectivity index (χ1) is 8.59. The molecule has 0 heterocycles. The lowest BCUT2D eigenvalue weighted by Gasteiger charge is -2.27. The highest BCUT2D eigenvalue weighted by atomic mass is 16.4. The second-order valence-corrected chi connectivity index (χ2v) is 4.85. The van der Waals surface area contributed by atoms with Gasteiger partial charge in [-0.1, -0.05) is 31.1 Å². The highest BCUT2D eigenvalue weighted by Gasteiger charge is 2.24. The number of carbonyl (C=O) groups is 1. The maximum absolute atomic E-state index is 10.7. The summed E-state index contributed by atoms with van der Waals surface area (Å²) in [6.07, 6.45) is 5.43. The Morgan fingerprint density at radius 1 is 1.17 bits per heavy atom. The van der Waals surface area contributed by atoms with Crippen LogP contribution in [-0.4, -0.2) is 16.6 Å². The van der Waals surface area contributed by atoms with Crippen molar-refractivity contribution in [1.29, 1.82) is 0 Å². The number of carboxylic acid groups (broad SMARTS) is 1. The van der Waals surface area contributed by atoms with Crippen molar-refractivity contribution in [1.82, 2.24) is 0 Å². The third kappa shape index (κ3) is 3.12. The number of aromatic carboxylic acids is 1. The smallest absolute Gasteiger partial charge is 0.335 e. The molecule has 1 saturated carbocycles. The molecule has 3 heteroatoms. The molecule has 2 rings (SSSR count). The maximum atomic E-state index is 10.7. The minimum absolute atomic E-state index is 0.278. The zero-order chi connectivity index (χ0) is 13.0. The zero-order valence-electron chi connectivity index (χ0n) is 10.3. The van der Waals surface area contributed by atoms with Crippen molar-refractivity contribution in [2.24, 2.45) is 5.73 Å². The molecule has 1 aromatic rings. The van der Waals surface area contributed by atoms with Gasteiger partial charge >= 0.3 is 5.97 Å². The molecule has 3 nitrogen and oxygen atoms in total. The van der Waals surface area contributed by atoms with Gasteiger partial charge in [-0.3, -0.25) is 0 Å². The molecule has 3 N–H and O–H groups in total. The van der Waals surface area contributed by atoms with Gasteiger partial charge in [0.1, 0.15) is 0 Å². The molecule has 0 saturated heterocycles. The van der Waals surface area contributed by atoms with E-state index in [2.05, 4.69) is 11.8 Å². The Morgan fingerprint density at radius 3 is 2.33 bits per heavy atom. The largest absolute Gasteiger partial charge is 0.478 e. The summed E-state index contributed by atoms with van der Waals surface area (Å²) in [5.41, 5.74) is 6.95. The minimum Gasteiger partial charge on any atom is -0.478 e. The standard InChI is InChI=1S/C15H17NO2/c16-15(9-2-1-3-10-15)11-8-12-4-6-13(7-5-12)14(17)18/h4-7H,1-3,9-10,16H2,(H,17,18). The van der Waals surface area contributed by atoms with Crippen LogP contribution < -0.4 is 5.73 Å². The summed E-state index contributed by atoms with van der Waals surface area (Å²) < 4.78 is 0. The molecule has 0 spiro atoms. The van der Waals surface area contributed by atoms with Gasteiger partial charge in [0.25, 0.3) is 0 Å². The van der Waals surface area contributed by atoms with E-state index in [1.165, 1.54) is 6.42 Å². The predicted molar refractivity (Wildman–Crippen MR) is 70.3 cm³/mol. The molecule has 1 aliphatic carbocycles. The van der Waals surface area contributed by atoms with E-state index in [1.54, 1.807) is 24.3 Å². The van der Waals surface area contributed by atoms with E-state index >= 15 is 0 Å². The molecule has 0 unspecified atom stereocenters. The van der Waals surface area contributed by atoms with E-state index in [9.17, 15) is 4.79 Å². The third-order valence-electron chi connectivity index (χ3n) is 3.33. The van der Waals surface area contributed by atoms with E-state index < -0.39 is 5.97 Å². The quantitative estimate of drug-likeness (QED) is 0.744. The zero-order valence-corrected chi connectivity index (χ0v) is 10.3. The first kappa shape index (κ1) is 12.7. The second kappa shape index (κ2) is 5.24. The van der Waals surface area contributed by atoms with Crippen molar-refractivity contribution < 1.29 is 9.90 Å². The Kier molecular flexibility index (Phi) is 3.69. The summed E-state index contributed by atoms with van der Waals surface area (Å²) in [6, 6.07) is 6.58. The average molecular weight is 243 g/mol.